The van der Waals surface area contributed by atoms with E-state index >= 15 is 0 Å². The molecule has 0 fully saturated rings. The number of fused-ring (bicyclic) bond motifs is 1. The number of rotatable bonds is 10. The third kappa shape index (κ3) is 5.73. The lowest BCUT2D eigenvalue weighted by Gasteiger charge is -2.20. The number of nitrogens with zero attached hydrogens (tertiary/aromatic N) is 3. The van der Waals surface area contributed by atoms with Gasteiger partial charge in [0.1, 0.15) is 29.8 Å². The van der Waals surface area contributed by atoms with Gasteiger partial charge in [-0.15, -0.1) is 0 Å². The fraction of sp³-hybridized carbons (Fsp3) is 0.280. The Morgan fingerprint density at radius 2 is 1.76 bits per heavy atom. The Morgan fingerprint density at radius 3 is 2.53 bits per heavy atom. The maximum atomic E-state index is 12.6. The lowest BCUT2D eigenvalue weighted by molar-refractivity contribution is -0.114. The summed E-state index contributed by atoms with van der Waals surface area (Å²) in [4.78, 5) is 16.7. The number of aryl methyl sites for hydroxylation is 1. The van der Waals surface area contributed by atoms with Crippen LogP contribution in [0.15, 0.2) is 64.2 Å². The maximum absolute atomic E-state index is 12.6. The Kier molecular flexibility index (Phi) is 7.76. The molecule has 2 heterocycles. The molecule has 1 amide bonds. The summed E-state index contributed by atoms with van der Waals surface area (Å²) in [5.74, 6) is 0.968. The summed E-state index contributed by atoms with van der Waals surface area (Å²) >= 11 is 1.32. The lowest BCUT2D eigenvalue weighted by atomic mass is 10.1. The molecule has 0 aromatic heterocycles. The first-order chi connectivity index (χ1) is 16.5. The van der Waals surface area contributed by atoms with Crippen molar-refractivity contribution in [2.45, 2.75) is 20.3 Å². The van der Waals surface area contributed by atoms with E-state index in [4.69, 9.17) is 19.6 Å². The third-order valence-electron chi connectivity index (χ3n) is 5.02. The predicted molar refractivity (Wildman–Crippen MR) is 135 cm³/mol. The predicted octanol–water partition coefficient (Wildman–Crippen LogP) is 4.50. The van der Waals surface area contributed by atoms with Gasteiger partial charge in [0.2, 0.25) is 5.17 Å². The SMILES string of the molecule is CCC1=NN2C(=N)/C(=C/c3ccccc3OCCOCCOc3ccc(C)cc3)C(=O)N=C2S1. The molecule has 2 aromatic rings. The molecule has 9 heteroatoms. The number of hydrogen-bond donors (Lipinski definition) is 1. The van der Waals surface area contributed by atoms with Crippen molar-refractivity contribution >= 4 is 39.8 Å². The van der Waals surface area contributed by atoms with Gasteiger partial charge in [-0.25, -0.2) is 0 Å². The molecule has 8 nitrogen and oxygen atoms in total. The van der Waals surface area contributed by atoms with E-state index in [1.165, 1.54) is 22.3 Å². The molecule has 2 aliphatic heterocycles. The maximum Gasteiger partial charge on any atom is 0.283 e. The highest BCUT2D eigenvalue weighted by Gasteiger charge is 2.35. The molecule has 4 rings (SSSR count). The molecule has 1 N–H and O–H groups in total. The van der Waals surface area contributed by atoms with E-state index in [0.717, 1.165) is 17.2 Å². The van der Waals surface area contributed by atoms with Gasteiger partial charge in [-0.3, -0.25) is 10.2 Å². The Morgan fingerprint density at radius 1 is 1.03 bits per heavy atom. The molecule has 0 bridgehead atoms. The first-order valence-electron chi connectivity index (χ1n) is 11.0. The molecule has 2 aliphatic rings. The van der Waals surface area contributed by atoms with Crippen LogP contribution in [-0.2, 0) is 9.53 Å². The van der Waals surface area contributed by atoms with Gasteiger partial charge in [-0.2, -0.15) is 15.1 Å². The summed E-state index contributed by atoms with van der Waals surface area (Å²) in [6, 6.07) is 15.2. The van der Waals surface area contributed by atoms with Gasteiger partial charge in [-0.05, 0) is 49.4 Å². The standard InChI is InChI=1S/C25H26N4O4S/c1-3-22-28-29-23(26)20(24(30)27-25(29)34-22)16-18-6-4-5-7-21(18)33-15-13-31-12-14-32-19-10-8-17(2)9-11-19/h4-11,16,26H,3,12-15H2,1-2H3/b20-16-,26-23?. The van der Waals surface area contributed by atoms with E-state index in [2.05, 4.69) is 10.1 Å². The number of carbonyl (C=O) groups is 1. The number of benzene rings is 2. The Hall–Kier alpha value is -3.43. The van der Waals surface area contributed by atoms with Crippen LogP contribution in [0.4, 0.5) is 0 Å². The highest BCUT2D eigenvalue weighted by Crippen LogP contribution is 2.30. The molecule has 0 saturated carbocycles. The molecule has 34 heavy (non-hydrogen) atoms. The summed E-state index contributed by atoms with van der Waals surface area (Å²) in [7, 11) is 0. The summed E-state index contributed by atoms with van der Waals surface area (Å²) < 4.78 is 17.1. The molecule has 0 aliphatic carbocycles. The first-order valence-corrected chi connectivity index (χ1v) is 11.8. The van der Waals surface area contributed by atoms with Gasteiger partial charge in [0.05, 0.1) is 18.8 Å². The zero-order chi connectivity index (χ0) is 23.9. The smallest absolute Gasteiger partial charge is 0.283 e. The number of ether oxygens (including phenoxy) is 3. The molecule has 0 atom stereocenters. The molecule has 2 aromatic carbocycles. The van der Waals surface area contributed by atoms with E-state index in [-0.39, 0.29) is 11.4 Å². The highest BCUT2D eigenvalue weighted by atomic mass is 32.2. The number of thioether (sulfide) groups is 1. The highest BCUT2D eigenvalue weighted by molar-refractivity contribution is 8.26. The summed E-state index contributed by atoms with van der Waals surface area (Å²) in [5.41, 5.74) is 2.04. The monoisotopic (exact) mass is 478 g/mol. The Balaban J connectivity index is 1.30. The minimum Gasteiger partial charge on any atom is -0.491 e. The van der Waals surface area contributed by atoms with Crippen LogP contribution >= 0.6 is 11.8 Å². The van der Waals surface area contributed by atoms with Crippen molar-refractivity contribution in [1.82, 2.24) is 5.01 Å². The van der Waals surface area contributed by atoms with Gasteiger partial charge in [0, 0.05) is 5.56 Å². The molecular weight excluding hydrogens is 452 g/mol. The van der Waals surface area contributed by atoms with E-state index in [1.807, 2.05) is 62.4 Å². The van der Waals surface area contributed by atoms with Gasteiger partial charge >= 0.3 is 0 Å². The first kappa shape index (κ1) is 23.7. The van der Waals surface area contributed by atoms with Crippen molar-refractivity contribution in [2.75, 3.05) is 26.4 Å². The van der Waals surface area contributed by atoms with Crippen molar-refractivity contribution in [3.05, 3.63) is 65.2 Å². The third-order valence-corrected chi connectivity index (χ3v) is 6.07. The number of amidine groups is 2. The largest absolute Gasteiger partial charge is 0.491 e. The molecule has 0 saturated heterocycles. The number of hydrogen-bond acceptors (Lipinski definition) is 7. The summed E-state index contributed by atoms with van der Waals surface area (Å²) in [5, 5.41) is 15.5. The summed E-state index contributed by atoms with van der Waals surface area (Å²) in [6.45, 7) is 5.64. The minimum atomic E-state index is -0.456. The van der Waals surface area contributed by atoms with Crippen molar-refractivity contribution in [3.63, 3.8) is 0 Å². The number of hydrazone groups is 1. The molecule has 176 valence electrons. The van der Waals surface area contributed by atoms with Gasteiger partial charge < -0.3 is 14.2 Å². The van der Waals surface area contributed by atoms with Crippen LogP contribution < -0.4 is 9.47 Å². The van der Waals surface area contributed by atoms with Gasteiger partial charge in [-0.1, -0.05) is 42.8 Å². The average Bonchev–Trinajstić information content (AvgIpc) is 3.26. The number of carbonyl (C=O) groups excluding carboxylic acids is 1. The van der Waals surface area contributed by atoms with Crippen molar-refractivity contribution in [2.24, 2.45) is 10.1 Å². The summed E-state index contributed by atoms with van der Waals surface area (Å²) in [6.07, 6.45) is 2.35. The number of nitrogens with one attached hydrogen (secondary N) is 1. The number of aliphatic imine (C=N–C) groups is 1. The second-order valence-electron chi connectivity index (χ2n) is 7.53. The average molecular weight is 479 g/mol. The topological polar surface area (TPSA) is 96.6 Å². The van der Waals surface area contributed by atoms with Crippen LogP contribution in [0.1, 0.15) is 24.5 Å². The van der Waals surface area contributed by atoms with E-state index in [0.29, 0.717) is 42.9 Å². The van der Waals surface area contributed by atoms with Crippen LogP contribution in [-0.4, -0.2) is 53.4 Å². The van der Waals surface area contributed by atoms with Gasteiger partial charge in [0.15, 0.2) is 5.84 Å². The zero-order valence-corrected chi connectivity index (χ0v) is 19.9. The quantitative estimate of drug-likeness (QED) is 0.399. The molecule has 0 radical (unpaired) electrons. The minimum absolute atomic E-state index is 0.0117. The van der Waals surface area contributed by atoms with Crippen molar-refractivity contribution < 1.29 is 19.0 Å². The molecule has 0 unspecified atom stereocenters. The fourth-order valence-corrected chi connectivity index (χ4v) is 4.05. The fourth-order valence-electron chi connectivity index (χ4n) is 3.23. The second-order valence-corrected chi connectivity index (χ2v) is 8.57. The Labute approximate surface area is 202 Å². The van der Waals surface area contributed by atoms with Crippen molar-refractivity contribution in [1.29, 1.82) is 5.41 Å². The zero-order valence-electron chi connectivity index (χ0n) is 19.1. The van der Waals surface area contributed by atoms with Crippen LogP contribution in [0.3, 0.4) is 0 Å². The normalized spacial score (nSPS) is 16.4. The van der Waals surface area contributed by atoms with Crippen LogP contribution in [0.5, 0.6) is 11.5 Å². The molecular formula is C25H26N4O4S. The number of para-hydroxylation sites is 1. The van der Waals surface area contributed by atoms with E-state index in [9.17, 15) is 4.79 Å². The number of amides is 1. The van der Waals surface area contributed by atoms with Crippen LogP contribution in [0, 0.1) is 12.3 Å². The van der Waals surface area contributed by atoms with Crippen molar-refractivity contribution in [3.8, 4) is 11.5 Å². The van der Waals surface area contributed by atoms with E-state index in [1.54, 1.807) is 6.08 Å². The van der Waals surface area contributed by atoms with E-state index < -0.39 is 5.91 Å². The van der Waals surface area contributed by atoms with Crippen LogP contribution in [0.2, 0.25) is 0 Å². The lowest BCUT2D eigenvalue weighted by Crippen LogP contribution is -2.35. The Bertz CT molecular complexity index is 1160. The van der Waals surface area contributed by atoms with Gasteiger partial charge in [0.25, 0.3) is 5.91 Å². The second kappa shape index (κ2) is 11.1. The molecule has 0 spiro atoms. The van der Waals surface area contributed by atoms with Crippen LogP contribution in [0.25, 0.3) is 6.08 Å².